The lowest BCUT2D eigenvalue weighted by Gasteiger charge is -2.18. The molecule has 0 saturated carbocycles. The highest BCUT2D eigenvalue weighted by atomic mass is 127. The Morgan fingerprint density at radius 3 is 2.00 bits per heavy atom. The molecule has 0 aromatic carbocycles. The highest BCUT2D eigenvalue weighted by Gasteiger charge is 2.15. The summed E-state index contributed by atoms with van der Waals surface area (Å²) in [6, 6.07) is 0. The van der Waals surface area contributed by atoms with E-state index in [1.54, 1.807) is 0 Å². The Bertz CT molecular complexity index is 64.3. The topological polar surface area (TPSA) is 78.1 Å². The van der Waals surface area contributed by atoms with Gasteiger partial charge in [-0.3, -0.25) is 0 Å². The van der Waals surface area contributed by atoms with Gasteiger partial charge in [0.25, 0.3) is 0 Å². The molecular weight excluding hydrogens is 217 g/mol. The van der Waals surface area contributed by atoms with E-state index in [1.807, 2.05) is 0 Å². The minimum Gasteiger partial charge on any atom is -0.330 e. The zero-order valence-electron chi connectivity index (χ0n) is 4.73. The van der Waals surface area contributed by atoms with Gasteiger partial charge < -0.3 is 17.2 Å². The lowest BCUT2D eigenvalue weighted by molar-refractivity contribution is 0.606. The van der Waals surface area contributed by atoms with Gasteiger partial charge in [-0.15, -0.1) is 0 Å². The molecule has 0 aliphatic heterocycles. The highest BCUT2D eigenvalue weighted by Crippen LogP contribution is 2.11. The van der Waals surface area contributed by atoms with Crippen LogP contribution >= 0.6 is 22.6 Å². The monoisotopic (exact) mass is 229 g/mol. The van der Waals surface area contributed by atoms with Crippen LogP contribution in [-0.4, -0.2) is 16.6 Å². The maximum absolute atomic E-state index is 5.61. The molecule has 0 aromatic heterocycles. The van der Waals surface area contributed by atoms with E-state index in [0.717, 1.165) is 6.42 Å². The SMILES string of the molecule is NCCC(N)(I)CN. The minimum absolute atomic E-state index is 0.285. The molecule has 0 saturated heterocycles. The largest absolute Gasteiger partial charge is 0.330 e. The van der Waals surface area contributed by atoms with Crippen molar-refractivity contribution in [1.29, 1.82) is 0 Å². The average Bonchev–Trinajstić information content (AvgIpc) is 1.67. The van der Waals surface area contributed by atoms with E-state index in [2.05, 4.69) is 22.6 Å². The predicted octanol–water partition coefficient (Wildman–Crippen LogP) is -0.616. The fourth-order valence-corrected chi connectivity index (χ4v) is 0.653. The molecule has 0 aliphatic rings. The number of halogens is 1. The van der Waals surface area contributed by atoms with Crippen LogP contribution in [-0.2, 0) is 0 Å². The third-order valence-corrected chi connectivity index (χ3v) is 1.88. The van der Waals surface area contributed by atoms with Crippen molar-refractivity contribution >= 4 is 22.6 Å². The second kappa shape index (κ2) is 3.60. The first kappa shape index (κ1) is 8.61. The van der Waals surface area contributed by atoms with Gasteiger partial charge in [0.1, 0.15) is 0 Å². The molecule has 4 heteroatoms. The fourth-order valence-electron chi connectivity index (χ4n) is 0.342. The number of alkyl halides is 1. The summed E-state index contributed by atoms with van der Waals surface area (Å²) >= 11 is 2.11. The van der Waals surface area contributed by atoms with E-state index in [9.17, 15) is 0 Å². The first-order valence-corrected chi connectivity index (χ1v) is 3.58. The maximum Gasteiger partial charge on any atom is 0.0816 e. The fraction of sp³-hybridized carbons (Fsp3) is 1.00. The van der Waals surface area contributed by atoms with Crippen molar-refractivity contribution in [3.05, 3.63) is 0 Å². The van der Waals surface area contributed by atoms with E-state index in [0.29, 0.717) is 13.1 Å². The zero-order chi connectivity index (χ0) is 6.62. The molecule has 0 fully saturated rings. The Morgan fingerprint density at radius 2 is 1.88 bits per heavy atom. The van der Waals surface area contributed by atoms with E-state index in [-0.39, 0.29) is 3.55 Å². The van der Waals surface area contributed by atoms with Gasteiger partial charge in [0.15, 0.2) is 0 Å². The Balaban J connectivity index is 3.37. The van der Waals surface area contributed by atoms with E-state index >= 15 is 0 Å². The van der Waals surface area contributed by atoms with Gasteiger partial charge in [-0.25, -0.2) is 0 Å². The van der Waals surface area contributed by atoms with Crippen molar-refractivity contribution in [2.75, 3.05) is 13.1 Å². The summed E-state index contributed by atoms with van der Waals surface area (Å²) in [6.07, 6.45) is 0.782. The second-order valence-corrected chi connectivity index (χ2v) is 3.93. The zero-order valence-corrected chi connectivity index (χ0v) is 6.89. The van der Waals surface area contributed by atoms with Crippen LogP contribution in [0.1, 0.15) is 6.42 Å². The van der Waals surface area contributed by atoms with Crippen molar-refractivity contribution in [2.24, 2.45) is 17.2 Å². The van der Waals surface area contributed by atoms with Gasteiger partial charge in [-0.1, -0.05) is 22.6 Å². The summed E-state index contributed by atoms with van der Waals surface area (Å²) < 4.78 is -0.285. The van der Waals surface area contributed by atoms with Crippen LogP contribution in [0.25, 0.3) is 0 Å². The van der Waals surface area contributed by atoms with Gasteiger partial charge in [-0.05, 0) is 13.0 Å². The number of nitrogens with two attached hydrogens (primary N) is 3. The molecule has 0 aliphatic carbocycles. The van der Waals surface area contributed by atoms with Crippen LogP contribution in [0.3, 0.4) is 0 Å². The third-order valence-electron chi connectivity index (χ3n) is 0.899. The summed E-state index contributed by atoms with van der Waals surface area (Å²) in [5.41, 5.74) is 16.2. The normalized spacial score (nSPS) is 18.0. The molecule has 0 spiro atoms. The standard InChI is InChI=1S/C4H12IN3/c5-4(8,3-7)1-2-6/h1-3,6-8H2. The first-order valence-electron chi connectivity index (χ1n) is 2.50. The molecule has 6 N–H and O–H groups in total. The van der Waals surface area contributed by atoms with E-state index in [1.165, 1.54) is 0 Å². The molecule has 0 rings (SSSR count). The Hall–Kier alpha value is 0.610. The number of hydrogen-bond donors (Lipinski definition) is 3. The van der Waals surface area contributed by atoms with Crippen molar-refractivity contribution in [1.82, 2.24) is 0 Å². The van der Waals surface area contributed by atoms with Gasteiger partial charge in [0.2, 0.25) is 0 Å². The smallest absolute Gasteiger partial charge is 0.0816 e. The van der Waals surface area contributed by atoms with Crippen LogP contribution in [0, 0.1) is 0 Å². The van der Waals surface area contributed by atoms with E-state index < -0.39 is 0 Å². The molecule has 0 heterocycles. The molecular formula is C4H12IN3. The highest BCUT2D eigenvalue weighted by molar-refractivity contribution is 14.1. The number of rotatable bonds is 3. The molecule has 0 amide bonds. The van der Waals surface area contributed by atoms with Crippen LogP contribution in [0.2, 0.25) is 0 Å². The summed E-state index contributed by atoms with van der Waals surface area (Å²) in [5.74, 6) is 0. The maximum atomic E-state index is 5.61. The molecule has 50 valence electrons. The summed E-state index contributed by atoms with van der Waals surface area (Å²) in [6.45, 7) is 1.10. The van der Waals surface area contributed by atoms with Crippen molar-refractivity contribution in [3.63, 3.8) is 0 Å². The van der Waals surface area contributed by atoms with Gasteiger partial charge in [0, 0.05) is 6.54 Å². The van der Waals surface area contributed by atoms with Crippen molar-refractivity contribution in [3.8, 4) is 0 Å². The molecule has 0 radical (unpaired) electrons. The van der Waals surface area contributed by atoms with E-state index in [4.69, 9.17) is 17.2 Å². The second-order valence-electron chi connectivity index (χ2n) is 1.78. The third kappa shape index (κ3) is 3.59. The lowest BCUT2D eigenvalue weighted by atomic mass is 10.2. The molecule has 3 nitrogen and oxygen atoms in total. The van der Waals surface area contributed by atoms with Crippen molar-refractivity contribution in [2.45, 2.75) is 9.97 Å². The van der Waals surface area contributed by atoms with Crippen molar-refractivity contribution < 1.29 is 0 Å². The van der Waals surface area contributed by atoms with Crippen LogP contribution in [0.4, 0.5) is 0 Å². The predicted molar refractivity (Wildman–Crippen MR) is 43.7 cm³/mol. The summed E-state index contributed by atoms with van der Waals surface area (Å²) in [7, 11) is 0. The molecule has 1 atom stereocenters. The van der Waals surface area contributed by atoms with Crippen LogP contribution in [0.5, 0.6) is 0 Å². The lowest BCUT2D eigenvalue weighted by Crippen LogP contribution is -2.42. The van der Waals surface area contributed by atoms with Gasteiger partial charge >= 0.3 is 0 Å². The minimum atomic E-state index is -0.285. The molecule has 1 unspecified atom stereocenters. The molecule has 0 aromatic rings. The van der Waals surface area contributed by atoms with Crippen LogP contribution < -0.4 is 17.2 Å². The molecule has 0 bridgehead atoms. The van der Waals surface area contributed by atoms with Gasteiger partial charge in [0.05, 0.1) is 3.55 Å². The number of hydrogen-bond acceptors (Lipinski definition) is 3. The Kier molecular flexibility index (Phi) is 3.87. The average molecular weight is 229 g/mol. The summed E-state index contributed by atoms with van der Waals surface area (Å²) in [4.78, 5) is 0. The quantitative estimate of drug-likeness (QED) is 0.343. The Labute approximate surface area is 63.1 Å². The Morgan fingerprint density at radius 1 is 1.38 bits per heavy atom. The first-order chi connectivity index (χ1) is 3.62. The van der Waals surface area contributed by atoms with Gasteiger partial charge in [-0.2, -0.15) is 0 Å². The van der Waals surface area contributed by atoms with Crippen LogP contribution in [0.15, 0.2) is 0 Å². The molecule has 8 heavy (non-hydrogen) atoms. The summed E-state index contributed by atoms with van der Waals surface area (Å²) in [5, 5.41) is 0.